The Kier molecular flexibility index (Phi) is 5.00. The van der Waals surface area contributed by atoms with E-state index < -0.39 is 5.91 Å². The molecule has 0 atom stereocenters. The summed E-state index contributed by atoms with van der Waals surface area (Å²) in [5.41, 5.74) is 9.93. The number of rotatable bonds is 4. The van der Waals surface area contributed by atoms with E-state index in [-0.39, 0.29) is 11.6 Å². The number of primary amides is 1. The van der Waals surface area contributed by atoms with Crippen molar-refractivity contribution in [1.29, 1.82) is 0 Å². The number of methoxy groups -OCH3 is 1. The van der Waals surface area contributed by atoms with Crippen LogP contribution in [0.5, 0.6) is 5.75 Å². The van der Waals surface area contributed by atoms with Crippen LogP contribution in [0.2, 0.25) is 0 Å². The molecule has 1 aromatic heterocycles. The van der Waals surface area contributed by atoms with Crippen molar-refractivity contribution in [2.24, 2.45) is 5.73 Å². The highest BCUT2D eigenvalue weighted by Gasteiger charge is 2.38. The van der Waals surface area contributed by atoms with E-state index in [1.807, 2.05) is 45.0 Å². The minimum atomic E-state index is -0.457. The molecule has 7 heteroatoms. The molecular formula is C23H30N4O3. The van der Waals surface area contributed by atoms with E-state index in [2.05, 4.69) is 9.88 Å². The zero-order chi connectivity index (χ0) is 21.6. The Morgan fingerprint density at radius 3 is 2.53 bits per heavy atom. The second kappa shape index (κ2) is 7.38. The minimum Gasteiger partial charge on any atom is -0.497 e. The van der Waals surface area contributed by atoms with Gasteiger partial charge < -0.3 is 25.3 Å². The Morgan fingerprint density at radius 2 is 1.93 bits per heavy atom. The van der Waals surface area contributed by atoms with Crippen molar-refractivity contribution in [2.75, 3.05) is 13.7 Å². The molecule has 1 aliphatic heterocycles. The molecule has 2 heterocycles. The van der Waals surface area contributed by atoms with Crippen LogP contribution in [0.1, 0.15) is 61.3 Å². The third-order valence-electron chi connectivity index (χ3n) is 5.68. The van der Waals surface area contributed by atoms with E-state index in [9.17, 15) is 9.59 Å². The van der Waals surface area contributed by atoms with Crippen LogP contribution < -0.4 is 15.8 Å². The lowest BCUT2D eigenvalue weighted by Crippen LogP contribution is -2.50. The maximum atomic E-state index is 12.8. The fourth-order valence-corrected chi connectivity index (χ4v) is 4.28. The van der Waals surface area contributed by atoms with Crippen molar-refractivity contribution < 1.29 is 14.3 Å². The molecule has 2 aromatic rings. The number of carbonyl (C=O) groups is 2. The van der Waals surface area contributed by atoms with Gasteiger partial charge in [-0.3, -0.25) is 4.79 Å². The van der Waals surface area contributed by atoms with Crippen molar-refractivity contribution in [3.05, 3.63) is 41.2 Å². The van der Waals surface area contributed by atoms with Crippen LogP contribution in [0, 0.1) is 0 Å². The number of aromatic nitrogens is 1. The molecule has 1 aromatic carbocycles. The number of urea groups is 1. The number of carbonyl (C=O) groups excluding carboxylic acids is 2. The lowest BCUT2D eigenvalue weighted by Gasteiger charge is -2.33. The van der Waals surface area contributed by atoms with Crippen LogP contribution in [0.3, 0.4) is 0 Å². The average Bonchev–Trinajstić information content (AvgIpc) is 3.46. The molecule has 0 unspecified atom stereocenters. The molecular weight excluding hydrogens is 380 g/mol. The van der Waals surface area contributed by atoms with Gasteiger partial charge in [0.15, 0.2) is 0 Å². The van der Waals surface area contributed by atoms with E-state index in [1.165, 1.54) is 5.69 Å². The maximum Gasteiger partial charge on any atom is 0.318 e. The van der Waals surface area contributed by atoms with Crippen molar-refractivity contribution in [1.82, 2.24) is 14.8 Å². The molecule has 1 saturated carbocycles. The fraction of sp³-hybridized carbons (Fsp3) is 0.478. The lowest BCUT2D eigenvalue weighted by atomic mass is 9.97. The van der Waals surface area contributed by atoms with E-state index >= 15 is 0 Å². The van der Waals surface area contributed by atoms with Crippen LogP contribution in [-0.4, -0.2) is 40.6 Å². The molecule has 3 amide bonds. The number of nitrogens with two attached hydrogens (primary N) is 1. The van der Waals surface area contributed by atoms with Gasteiger partial charge in [-0.25, -0.2) is 4.79 Å². The first-order valence-electron chi connectivity index (χ1n) is 10.5. The first kappa shape index (κ1) is 20.3. The minimum absolute atomic E-state index is 0.124. The van der Waals surface area contributed by atoms with Crippen LogP contribution >= 0.6 is 0 Å². The molecule has 4 rings (SSSR count). The van der Waals surface area contributed by atoms with Crippen molar-refractivity contribution in [3.8, 4) is 16.9 Å². The van der Waals surface area contributed by atoms with Gasteiger partial charge in [-0.1, -0.05) is 12.1 Å². The summed E-state index contributed by atoms with van der Waals surface area (Å²) >= 11 is 0. The smallest absolute Gasteiger partial charge is 0.318 e. The first-order chi connectivity index (χ1) is 14.2. The quantitative estimate of drug-likeness (QED) is 0.809. The standard InChI is InChI=1S/C23H30N4O3/c1-23(2,3)25-22(29)26-10-11-27-17(13-26)19(21(24)28)18(20(27)14-8-9-14)15-6-5-7-16(12-15)30-4/h5-7,12,14H,8-11,13H2,1-4H3,(H2,24,28)(H,25,29). The van der Waals surface area contributed by atoms with Crippen LogP contribution in [-0.2, 0) is 13.1 Å². The molecule has 0 radical (unpaired) electrons. The number of nitrogens with one attached hydrogen (secondary N) is 1. The molecule has 1 fully saturated rings. The largest absolute Gasteiger partial charge is 0.497 e. The molecule has 7 nitrogen and oxygen atoms in total. The Morgan fingerprint density at radius 1 is 1.20 bits per heavy atom. The summed E-state index contributed by atoms with van der Waals surface area (Å²) in [5, 5.41) is 3.02. The maximum absolute atomic E-state index is 12.8. The predicted molar refractivity (Wildman–Crippen MR) is 116 cm³/mol. The number of ether oxygens (including phenoxy) is 1. The number of hydrogen-bond donors (Lipinski definition) is 2. The van der Waals surface area contributed by atoms with Gasteiger partial charge in [-0.05, 0) is 57.2 Å². The average molecular weight is 411 g/mol. The van der Waals surface area contributed by atoms with Gasteiger partial charge in [0.25, 0.3) is 5.91 Å². The van der Waals surface area contributed by atoms with E-state index in [0.29, 0.717) is 31.1 Å². The molecule has 1 aliphatic carbocycles. The summed E-state index contributed by atoms with van der Waals surface area (Å²) in [6, 6.07) is 7.63. The predicted octanol–water partition coefficient (Wildman–Crippen LogP) is 3.46. The van der Waals surface area contributed by atoms with Gasteiger partial charge in [-0.15, -0.1) is 0 Å². The van der Waals surface area contributed by atoms with Gasteiger partial charge in [0.1, 0.15) is 5.75 Å². The van der Waals surface area contributed by atoms with Crippen molar-refractivity contribution >= 4 is 11.9 Å². The molecule has 0 spiro atoms. The number of nitrogens with zero attached hydrogens (tertiary/aromatic N) is 2. The topological polar surface area (TPSA) is 89.6 Å². The molecule has 2 aliphatic rings. The normalized spacial score (nSPS) is 16.2. The highest BCUT2D eigenvalue weighted by molar-refractivity contribution is 6.02. The van der Waals surface area contributed by atoms with Gasteiger partial charge in [0.2, 0.25) is 0 Å². The SMILES string of the molecule is COc1cccc(-c2c(C(N)=O)c3n(c2C2CC2)CCN(C(=O)NC(C)(C)C)C3)c1. The number of amides is 3. The van der Waals surface area contributed by atoms with Crippen molar-refractivity contribution in [2.45, 2.75) is 58.2 Å². The zero-order valence-corrected chi connectivity index (χ0v) is 18.1. The monoisotopic (exact) mass is 410 g/mol. The highest BCUT2D eigenvalue weighted by atomic mass is 16.5. The van der Waals surface area contributed by atoms with Gasteiger partial charge in [0.05, 0.1) is 24.9 Å². The van der Waals surface area contributed by atoms with Crippen LogP contribution in [0.15, 0.2) is 24.3 Å². The second-order valence-electron chi connectivity index (χ2n) is 9.21. The van der Waals surface area contributed by atoms with E-state index in [0.717, 1.165) is 35.4 Å². The Balaban J connectivity index is 1.82. The van der Waals surface area contributed by atoms with Gasteiger partial charge in [-0.2, -0.15) is 0 Å². The van der Waals surface area contributed by atoms with Gasteiger partial charge in [0, 0.05) is 29.9 Å². The summed E-state index contributed by atoms with van der Waals surface area (Å²) in [6.45, 7) is 7.49. The molecule has 160 valence electrons. The summed E-state index contributed by atoms with van der Waals surface area (Å²) in [4.78, 5) is 27.2. The Bertz CT molecular complexity index is 999. The first-order valence-corrected chi connectivity index (χ1v) is 10.5. The van der Waals surface area contributed by atoms with Crippen LogP contribution in [0.25, 0.3) is 11.1 Å². The lowest BCUT2D eigenvalue weighted by molar-refractivity contribution is 0.0997. The third-order valence-corrected chi connectivity index (χ3v) is 5.68. The number of benzene rings is 1. The van der Waals surface area contributed by atoms with Gasteiger partial charge >= 0.3 is 6.03 Å². The van der Waals surface area contributed by atoms with E-state index in [4.69, 9.17) is 10.5 Å². The molecule has 0 bridgehead atoms. The molecule has 30 heavy (non-hydrogen) atoms. The summed E-state index contributed by atoms with van der Waals surface area (Å²) in [7, 11) is 1.63. The van der Waals surface area contributed by atoms with E-state index in [1.54, 1.807) is 12.0 Å². The summed E-state index contributed by atoms with van der Waals surface area (Å²) in [5.74, 6) is 0.703. The molecule has 0 saturated heterocycles. The second-order valence-corrected chi connectivity index (χ2v) is 9.21. The Hall–Kier alpha value is -2.96. The van der Waals surface area contributed by atoms with Crippen molar-refractivity contribution in [3.63, 3.8) is 0 Å². The summed E-state index contributed by atoms with van der Waals surface area (Å²) < 4.78 is 7.64. The number of hydrogen-bond acceptors (Lipinski definition) is 3. The fourth-order valence-electron chi connectivity index (χ4n) is 4.28. The number of fused-ring (bicyclic) bond motifs is 1. The third kappa shape index (κ3) is 3.76. The zero-order valence-electron chi connectivity index (χ0n) is 18.1. The Labute approximate surface area is 177 Å². The summed E-state index contributed by atoms with van der Waals surface area (Å²) in [6.07, 6.45) is 2.21. The highest BCUT2D eigenvalue weighted by Crippen LogP contribution is 2.48. The molecule has 3 N–H and O–H groups in total. The van der Waals surface area contributed by atoms with Crippen LogP contribution in [0.4, 0.5) is 4.79 Å².